The number of hydrogen-bond acceptors (Lipinski definition) is 3. The maximum absolute atomic E-state index is 14.1. The first-order valence-corrected chi connectivity index (χ1v) is 7.34. The normalized spacial score (nSPS) is 11.2. The first-order valence-electron chi connectivity index (χ1n) is 7.34. The van der Waals surface area contributed by atoms with E-state index < -0.39 is 5.82 Å². The van der Waals surface area contributed by atoms with Crippen LogP contribution >= 0.6 is 0 Å². The lowest BCUT2D eigenvalue weighted by Gasteiger charge is -2.19. The molecule has 2 aromatic rings. The quantitative estimate of drug-likeness (QED) is 0.859. The molecular weight excluding hydrogens is 295 g/mol. The van der Waals surface area contributed by atoms with E-state index in [-0.39, 0.29) is 22.8 Å². The molecule has 23 heavy (non-hydrogen) atoms. The van der Waals surface area contributed by atoms with Crippen molar-refractivity contribution in [2.45, 2.75) is 26.2 Å². The van der Waals surface area contributed by atoms with Gasteiger partial charge in [-0.2, -0.15) is 0 Å². The van der Waals surface area contributed by atoms with Crippen molar-refractivity contribution in [1.29, 1.82) is 0 Å². The molecule has 1 amide bonds. The monoisotopic (exact) mass is 316 g/mol. The number of aromatic nitrogens is 1. The van der Waals surface area contributed by atoms with Gasteiger partial charge in [0, 0.05) is 20.3 Å². The zero-order chi connectivity index (χ0) is 17.2. The molecule has 0 atom stereocenters. The predicted octanol–water partition coefficient (Wildman–Crippen LogP) is 4.01. The molecule has 0 fully saturated rings. The fourth-order valence-electron chi connectivity index (χ4n) is 2.01. The summed E-state index contributed by atoms with van der Waals surface area (Å²) in [6.45, 7) is 6.35. The molecule has 0 aliphatic rings. The van der Waals surface area contributed by atoms with Gasteiger partial charge in [-0.3, -0.25) is 4.79 Å². The third-order valence-electron chi connectivity index (χ3n) is 3.40. The van der Waals surface area contributed by atoms with Gasteiger partial charge in [0.1, 0.15) is 5.75 Å². The zero-order valence-electron chi connectivity index (χ0n) is 14.1. The van der Waals surface area contributed by atoms with Crippen LogP contribution in [0.2, 0.25) is 0 Å². The second-order valence-electron chi connectivity index (χ2n) is 6.59. The van der Waals surface area contributed by atoms with Gasteiger partial charge >= 0.3 is 0 Å². The number of rotatable bonds is 3. The van der Waals surface area contributed by atoms with E-state index in [1.807, 2.05) is 12.1 Å². The maximum Gasteiger partial charge on any atom is 0.255 e. The van der Waals surface area contributed by atoms with Crippen LogP contribution in [0, 0.1) is 5.82 Å². The summed E-state index contributed by atoms with van der Waals surface area (Å²) < 4.78 is 19.5. The molecule has 0 saturated heterocycles. The van der Waals surface area contributed by atoms with Crippen molar-refractivity contribution in [3.05, 3.63) is 53.5 Å². The van der Waals surface area contributed by atoms with Gasteiger partial charge in [0.15, 0.2) is 5.82 Å². The minimum Gasteiger partial charge on any atom is -0.436 e. The molecule has 122 valence electrons. The number of carbonyl (C=O) groups excluding carboxylic acids is 1. The van der Waals surface area contributed by atoms with Gasteiger partial charge < -0.3 is 9.64 Å². The van der Waals surface area contributed by atoms with Crippen molar-refractivity contribution in [3.8, 4) is 11.6 Å². The number of benzene rings is 1. The third kappa shape index (κ3) is 4.06. The number of amides is 1. The van der Waals surface area contributed by atoms with Crippen molar-refractivity contribution in [2.24, 2.45) is 0 Å². The van der Waals surface area contributed by atoms with Crippen LogP contribution in [0.4, 0.5) is 4.39 Å². The van der Waals surface area contributed by atoms with E-state index in [4.69, 9.17) is 4.74 Å². The molecule has 1 aromatic carbocycles. The van der Waals surface area contributed by atoms with Crippen LogP contribution in [0.5, 0.6) is 11.6 Å². The van der Waals surface area contributed by atoms with Crippen LogP contribution in [-0.4, -0.2) is 29.9 Å². The standard InChI is InChI=1S/C18H21FN2O2/c1-18(2,3)13-6-8-14(9-7-13)23-16-15(19)10-12(11-20-16)17(22)21(4)5/h6-11H,1-5H3. The lowest BCUT2D eigenvalue weighted by atomic mass is 9.87. The van der Waals surface area contributed by atoms with E-state index >= 15 is 0 Å². The number of nitrogens with zero attached hydrogens (tertiary/aromatic N) is 2. The summed E-state index contributed by atoms with van der Waals surface area (Å²) >= 11 is 0. The molecule has 2 rings (SSSR count). The molecule has 0 unspecified atom stereocenters. The fourth-order valence-corrected chi connectivity index (χ4v) is 2.01. The Labute approximate surface area is 135 Å². The molecule has 0 N–H and O–H groups in total. The Kier molecular flexibility index (Phi) is 4.68. The third-order valence-corrected chi connectivity index (χ3v) is 3.40. The van der Waals surface area contributed by atoms with E-state index in [1.54, 1.807) is 26.2 Å². The van der Waals surface area contributed by atoms with Crippen LogP contribution < -0.4 is 4.74 Å². The lowest BCUT2D eigenvalue weighted by molar-refractivity contribution is 0.0826. The summed E-state index contributed by atoms with van der Waals surface area (Å²) in [5.74, 6) is -0.630. The SMILES string of the molecule is CN(C)C(=O)c1cnc(Oc2ccc(C(C)(C)C)cc2)c(F)c1. The van der Waals surface area contributed by atoms with E-state index in [2.05, 4.69) is 25.8 Å². The number of pyridine rings is 1. The van der Waals surface area contributed by atoms with Crippen LogP contribution in [0.3, 0.4) is 0 Å². The first-order chi connectivity index (χ1) is 10.7. The van der Waals surface area contributed by atoms with Crippen molar-refractivity contribution in [1.82, 2.24) is 9.88 Å². The van der Waals surface area contributed by atoms with Crippen molar-refractivity contribution < 1.29 is 13.9 Å². The summed E-state index contributed by atoms with van der Waals surface area (Å²) in [4.78, 5) is 17.0. The van der Waals surface area contributed by atoms with Gasteiger partial charge in [0.25, 0.3) is 11.8 Å². The number of hydrogen-bond donors (Lipinski definition) is 0. The maximum atomic E-state index is 14.1. The average Bonchev–Trinajstić information content (AvgIpc) is 2.48. The van der Waals surface area contributed by atoms with E-state index in [9.17, 15) is 9.18 Å². The molecular formula is C18H21FN2O2. The lowest BCUT2D eigenvalue weighted by Crippen LogP contribution is -2.22. The Balaban J connectivity index is 2.19. The van der Waals surface area contributed by atoms with Crippen LogP contribution in [0.1, 0.15) is 36.7 Å². The largest absolute Gasteiger partial charge is 0.436 e. The minimum absolute atomic E-state index is 0.0379. The van der Waals surface area contributed by atoms with Crippen molar-refractivity contribution in [2.75, 3.05) is 14.1 Å². The summed E-state index contributed by atoms with van der Waals surface area (Å²) in [6.07, 6.45) is 1.31. The zero-order valence-corrected chi connectivity index (χ0v) is 14.1. The predicted molar refractivity (Wildman–Crippen MR) is 87.4 cm³/mol. The Morgan fingerprint density at radius 1 is 1.17 bits per heavy atom. The average molecular weight is 316 g/mol. The van der Waals surface area contributed by atoms with Gasteiger partial charge in [-0.05, 0) is 29.2 Å². The molecule has 5 heteroatoms. The van der Waals surface area contributed by atoms with Crippen LogP contribution in [0.25, 0.3) is 0 Å². The molecule has 4 nitrogen and oxygen atoms in total. The number of carbonyl (C=O) groups is 1. The van der Waals surface area contributed by atoms with E-state index in [0.717, 1.165) is 11.6 Å². The second-order valence-corrected chi connectivity index (χ2v) is 6.59. The molecule has 0 spiro atoms. The van der Waals surface area contributed by atoms with Gasteiger partial charge in [-0.1, -0.05) is 32.9 Å². The van der Waals surface area contributed by atoms with Crippen LogP contribution in [-0.2, 0) is 5.41 Å². The topological polar surface area (TPSA) is 42.4 Å². The van der Waals surface area contributed by atoms with Gasteiger partial charge in [0.05, 0.1) is 5.56 Å². The highest BCUT2D eigenvalue weighted by atomic mass is 19.1. The molecule has 1 heterocycles. The Morgan fingerprint density at radius 2 is 1.78 bits per heavy atom. The smallest absolute Gasteiger partial charge is 0.255 e. The Hall–Kier alpha value is -2.43. The Bertz CT molecular complexity index is 704. The second kappa shape index (κ2) is 6.36. The molecule has 0 aliphatic heterocycles. The molecule has 0 radical (unpaired) electrons. The number of halogens is 1. The fraction of sp³-hybridized carbons (Fsp3) is 0.333. The molecule has 0 aliphatic carbocycles. The summed E-state index contributed by atoms with van der Waals surface area (Å²) in [6, 6.07) is 8.57. The highest BCUT2D eigenvalue weighted by Crippen LogP contribution is 2.27. The summed E-state index contributed by atoms with van der Waals surface area (Å²) in [5.41, 5.74) is 1.38. The van der Waals surface area contributed by atoms with Crippen LogP contribution in [0.15, 0.2) is 36.5 Å². The van der Waals surface area contributed by atoms with Gasteiger partial charge in [0.2, 0.25) is 0 Å². The summed E-state index contributed by atoms with van der Waals surface area (Å²) in [7, 11) is 3.20. The van der Waals surface area contributed by atoms with E-state index in [0.29, 0.717) is 5.75 Å². The highest BCUT2D eigenvalue weighted by molar-refractivity contribution is 5.93. The highest BCUT2D eigenvalue weighted by Gasteiger charge is 2.15. The van der Waals surface area contributed by atoms with Crippen molar-refractivity contribution in [3.63, 3.8) is 0 Å². The molecule has 0 bridgehead atoms. The molecule has 0 saturated carbocycles. The van der Waals surface area contributed by atoms with Crippen molar-refractivity contribution >= 4 is 5.91 Å². The molecule has 1 aromatic heterocycles. The summed E-state index contributed by atoms with van der Waals surface area (Å²) in [5, 5.41) is 0. The Morgan fingerprint density at radius 3 is 2.26 bits per heavy atom. The van der Waals surface area contributed by atoms with Gasteiger partial charge in [-0.25, -0.2) is 9.37 Å². The van der Waals surface area contributed by atoms with Gasteiger partial charge in [-0.15, -0.1) is 0 Å². The first kappa shape index (κ1) is 16.9. The number of ether oxygens (including phenoxy) is 1. The minimum atomic E-state index is -0.669. The van der Waals surface area contributed by atoms with E-state index in [1.165, 1.54) is 11.1 Å².